The number of nitrogens with zero attached hydrogens (tertiary/aromatic N) is 1. The van der Waals surface area contributed by atoms with Crippen LogP contribution in [0.5, 0.6) is 0 Å². The van der Waals surface area contributed by atoms with Crippen LogP contribution in [0.2, 0.25) is 5.02 Å². The Morgan fingerprint density at radius 2 is 2.38 bits per heavy atom. The third kappa shape index (κ3) is 4.91. The van der Waals surface area contributed by atoms with Crippen molar-refractivity contribution < 1.29 is 9.53 Å². The molecule has 2 aromatic rings. The van der Waals surface area contributed by atoms with Gasteiger partial charge in [-0.2, -0.15) is 0 Å². The maximum absolute atomic E-state index is 12.1. The lowest BCUT2D eigenvalue weighted by molar-refractivity contribution is -0.120. The van der Waals surface area contributed by atoms with Crippen molar-refractivity contribution in [2.45, 2.75) is 19.4 Å². The molecule has 1 aliphatic rings. The van der Waals surface area contributed by atoms with E-state index in [2.05, 4.69) is 15.6 Å². The molecule has 0 bridgehead atoms. The Labute approximate surface area is 156 Å². The van der Waals surface area contributed by atoms with Gasteiger partial charge in [0.1, 0.15) is 6.04 Å². The van der Waals surface area contributed by atoms with Crippen LogP contribution in [0.15, 0.2) is 24.4 Å². The van der Waals surface area contributed by atoms with E-state index in [0.29, 0.717) is 24.9 Å². The van der Waals surface area contributed by atoms with Crippen molar-refractivity contribution in [1.29, 1.82) is 0 Å². The summed E-state index contributed by atoms with van der Waals surface area (Å²) in [6.07, 6.45) is 2.58. The average molecular weight is 388 g/mol. The molecule has 1 aliphatic heterocycles. The smallest absolute Gasteiger partial charge is 0.245 e. The molecule has 0 saturated carbocycles. The summed E-state index contributed by atoms with van der Waals surface area (Å²) < 4.78 is 5.30. The van der Waals surface area contributed by atoms with Crippen molar-refractivity contribution in [2.24, 2.45) is 0 Å². The second-order valence-electron chi connectivity index (χ2n) is 5.45. The molecule has 2 N–H and O–H groups in total. The van der Waals surface area contributed by atoms with Crippen LogP contribution < -0.4 is 10.6 Å². The first kappa shape index (κ1) is 19.1. The van der Waals surface area contributed by atoms with Gasteiger partial charge in [-0.05, 0) is 30.2 Å². The highest BCUT2D eigenvalue weighted by molar-refractivity contribution is 7.15. The molecule has 1 amide bonds. The zero-order valence-electron chi connectivity index (χ0n) is 13.2. The van der Waals surface area contributed by atoms with E-state index in [-0.39, 0.29) is 24.4 Å². The van der Waals surface area contributed by atoms with E-state index in [1.807, 2.05) is 25.1 Å². The van der Waals surface area contributed by atoms with E-state index < -0.39 is 0 Å². The number of anilines is 1. The summed E-state index contributed by atoms with van der Waals surface area (Å²) in [6, 6.07) is 5.56. The van der Waals surface area contributed by atoms with Gasteiger partial charge < -0.3 is 15.4 Å². The van der Waals surface area contributed by atoms with E-state index >= 15 is 0 Å². The second kappa shape index (κ2) is 8.78. The quantitative estimate of drug-likeness (QED) is 0.845. The maximum Gasteiger partial charge on any atom is 0.245 e. The largest absolute Gasteiger partial charge is 0.378 e. The van der Waals surface area contributed by atoms with Crippen LogP contribution in [0.1, 0.15) is 16.0 Å². The molecule has 1 fully saturated rings. The van der Waals surface area contributed by atoms with Gasteiger partial charge in [0.25, 0.3) is 0 Å². The first-order chi connectivity index (χ1) is 11.1. The lowest BCUT2D eigenvalue weighted by atomic mass is 10.1. The summed E-state index contributed by atoms with van der Waals surface area (Å²) in [5.41, 5.74) is 2.36. The molecule has 0 radical (unpaired) electrons. The molecular weight excluding hydrogens is 369 g/mol. The lowest BCUT2D eigenvalue weighted by Crippen LogP contribution is -2.48. The van der Waals surface area contributed by atoms with Crippen LogP contribution in [0.25, 0.3) is 0 Å². The number of aryl methyl sites for hydroxylation is 1. The van der Waals surface area contributed by atoms with E-state index in [1.165, 1.54) is 16.9 Å². The Balaban J connectivity index is 0.00000208. The monoisotopic (exact) mass is 387 g/mol. The molecule has 1 unspecified atom stereocenters. The van der Waals surface area contributed by atoms with E-state index in [1.54, 1.807) is 6.20 Å². The van der Waals surface area contributed by atoms with Gasteiger partial charge in [0, 0.05) is 29.1 Å². The predicted molar refractivity (Wildman–Crippen MR) is 99.6 cm³/mol. The van der Waals surface area contributed by atoms with Crippen molar-refractivity contribution in [3.63, 3.8) is 0 Å². The maximum atomic E-state index is 12.1. The molecule has 2 heterocycles. The Bertz CT molecular complexity index is 702. The average Bonchev–Trinajstić information content (AvgIpc) is 2.98. The van der Waals surface area contributed by atoms with Crippen molar-refractivity contribution in [1.82, 2.24) is 10.3 Å². The number of aromatic nitrogens is 1. The molecule has 1 aromatic carbocycles. The van der Waals surface area contributed by atoms with Crippen molar-refractivity contribution in [3.05, 3.63) is 45.4 Å². The van der Waals surface area contributed by atoms with Gasteiger partial charge >= 0.3 is 0 Å². The van der Waals surface area contributed by atoms with Crippen LogP contribution in [0, 0.1) is 6.92 Å². The fourth-order valence-electron chi connectivity index (χ4n) is 2.42. The number of carbonyl (C=O) groups excluding carboxylic acids is 1. The highest BCUT2D eigenvalue weighted by Crippen LogP contribution is 2.24. The topological polar surface area (TPSA) is 63.2 Å². The molecular formula is C16H19Cl2N3O2S. The molecule has 0 aliphatic carbocycles. The molecule has 130 valence electrons. The zero-order chi connectivity index (χ0) is 16.2. The number of halogens is 2. The first-order valence-electron chi connectivity index (χ1n) is 7.43. The zero-order valence-corrected chi connectivity index (χ0v) is 15.6. The fourth-order valence-corrected chi connectivity index (χ4v) is 3.48. The molecule has 0 spiro atoms. The Hall–Kier alpha value is -1.18. The van der Waals surface area contributed by atoms with Crippen LogP contribution in [-0.2, 0) is 16.0 Å². The molecule has 1 atom stereocenters. The number of rotatable bonds is 4. The van der Waals surface area contributed by atoms with Gasteiger partial charge in [-0.3, -0.25) is 4.79 Å². The van der Waals surface area contributed by atoms with Crippen molar-refractivity contribution >= 4 is 46.4 Å². The SMILES string of the molecule is Cc1cc(Cl)ccc1Cc1cnc(NC(=O)C2COCCN2)s1.Cl. The Kier molecular flexibility index (Phi) is 7.01. The number of benzene rings is 1. The molecule has 1 saturated heterocycles. The fraction of sp³-hybridized carbons (Fsp3) is 0.375. The minimum atomic E-state index is -0.311. The number of ether oxygens (including phenoxy) is 1. The molecule has 1 aromatic heterocycles. The summed E-state index contributed by atoms with van der Waals surface area (Å²) in [5.74, 6) is -0.103. The Morgan fingerprint density at radius 1 is 1.54 bits per heavy atom. The van der Waals surface area contributed by atoms with Gasteiger partial charge in [-0.15, -0.1) is 23.7 Å². The predicted octanol–water partition coefficient (Wildman–Crippen LogP) is 3.04. The summed E-state index contributed by atoms with van der Waals surface area (Å²) in [7, 11) is 0. The minimum absolute atomic E-state index is 0. The Morgan fingerprint density at radius 3 is 3.08 bits per heavy atom. The third-order valence-electron chi connectivity index (χ3n) is 3.69. The molecule has 8 heteroatoms. The summed E-state index contributed by atoms with van der Waals surface area (Å²) >= 11 is 7.47. The molecule has 5 nitrogen and oxygen atoms in total. The highest BCUT2D eigenvalue weighted by atomic mass is 35.5. The lowest BCUT2D eigenvalue weighted by Gasteiger charge is -2.22. The van der Waals surface area contributed by atoms with Crippen LogP contribution in [-0.4, -0.2) is 36.7 Å². The van der Waals surface area contributed by atoms with Gasteiger partial charge in [-0.1, -0.05) is 17.7 Å². The van der Waals surface area contributed by atoms with E-state index in [4.69, 9.17) is 16.3 Å². The normalized spacial score (nSPS) is 17.2. The van der Waals surface area contributed by atoms with Crippen LogP contribution in [0.3, 0.4) is 0 Å². The van der Waals surface area contributed by atoms with Crippen LogP contribution in [0.4, 0.5) is 5.13 Å². The minimum Gasteiger partial charge on any atom is -0.378 e. The number of nitrogens with one attached hydrogen (secondary N) is 2. The number of hydrogen-bond donors (Lipinski definition) is 2. The standard InChI is InChI=1S/C16H18ClN3O2S.ClH/c1-10-6-12(17)3-2-11(10)7-13-8-19-16(23-13)20-15(21)14-9-22-5-4-18-14;/h2-3,6,8,14,18H,4-5,7,9H2,1H3,(H,19,20,21);1H. The van der Waals surface area contributed by atoms with Gasteiger partial charge in [-0.25, -0.2) is 4.98 Å². The van der Waals surface area contributed by atoms with Gasteiger partial charge in [0.15, 0.2) is 5.13 Å². The second-order valence-corrected chi connectivity index (χ2v) is 7.00. The molecule has 24 heavy (non-hydrogen) atoms. The van der Waals surface area contributed by atoms with Gasteiger partial charge in [0.2, 0.25) is 5.91 Å². The van der Waals surface area contributed by atoms with Crippen LogP contribution >= 0.6 is 35.3 Å². The first-order valence-corrected chi connectivity index (χ1v) is 8.63. The molecule has 3 rings (SSSR count). The number of hydrogen-bond acceptors (Lipinski definition) is 5. The summed E-state index contributed by atoms with van der Waals surface area (Å²) in [4.78, 5) is 17.5. The summed E-state index contributed by atoms with van der Waals surface area (Å²) in [6.45, 7) is 3.77. The van der Waals surface area contributed by atoms with Crippen molar-refractivity contribution in [2.75, 3.05) is 25.1 Å². The van der Waals surface area contributed by atoms with Gasteiger partial charge in [0.05, 0.1) is 13.2 Å². The highest BCUT2D eigenvalue weighted by Gasteiger charge is 2.22. The van der Waals surface area contributed by atoms with E-state index in [0.717, 1.165) is 21.9 Å². The number of thiazole rings is 1. The number of carbonyl (C=O) groups is 1. The third-order valence-corrected chi connectivity index (χ3v) is 4.84. The number of morpholine rings is 1. The van der Waals surface area contributed by atoms with E-state index in [9.17, 15) is 4.79 Å². The summed E-state index contributed by atoms with van der Waals surface area (Å²) in [5, 5.41) is 7.33. The number of amides is 1. The van der Waals surface area contributed by atoms with Crippen molar-refractivity contribution in [3.8, 4) is 0 Å².